The van der Waals surface area contributed by atoms with Crippen molar-refractivity contribution in [3.8, 4) is 5.75 Å². The summed E-state index contributed by atoms with van der Waals surface area (Å²) < 4.78 is 0.951. The van der Waals surface area contributed by atoms with Crippen molar-refractivity contribution in [3.05, 3.63) is 28.2 Å². The van der Waals surface area contributed by atoms with Crippen LogP contribution in [0.25, 0.3) is 0 Å². The van der Waals surface area contributed by atoms with Crippen molar-refractivity contribution in [1.29, 1.82) is 0 Å². The van der Waals surface area contributed by atoms with Crippen LogP contribution >= 0.6 is 27.5 Å². The van der Waals surface area contributed by atoms with Crippen LogP contribution in [0.1, 0.15) is 12.0 Å². The highest BCUT2D eigenvalue weighted by atomic mass is 79.9. The maximum absolute atomic E-state index is 9.11. The summed E-state index contributed by atoms with van der Waals surface area (Å²) in [6, 6.07) is 5.30. The van der Waals surface area contributed by atoms with Crippen LogP contribution in [0.4, 0.5) is 0 Å². The monoisotopic (exact) mass is 248 g/mol. The number of hydrogen-bond acceptors (Lipinski definition) is 1. The van der Waals surface area contributed by atoms with E-state index in [2.05, 4.69) is 15.9 Å². The van der Waals surface area contributed by atoms with Gasteiger partial charge >= 0.3 is 0 Å². The maximum atomic E-state index is 9.11. The third kappa shape index (κ3) is 2.68. The minimum absolute atomic E-state index is 0.288. The van der Waals surface area contributed by atoms with E-state index in [-0.39, 0.29) is 5.75 Å². The van der Waals surface area contributed by atoms with E-state index in [9.17, 15) is 0 Å². The number of aromatic hydroxyl groups is 1. The van der Waals surface area contributed by atoms with Crippen LogP contribution in [0.2, 0.25) is 0 Å². The second kappa shape index (κ2) is 4.73. The van der Waals surface area contributed by atoms with Crippen LogP contribution in [0, 0.1) is 0 Å². The molecule has 0 fully saturated rings. The van der Waals surface area contributed by atoms with Gasteiger partial charge in [0.25, 0.3) is 0 Å². The molecule has 1 aromatic rings. The van der Waals surface area contributed by atoms with E-state index in [1.807, 2.05) is 6.07 Å². The molecule has 12 heavy (non-hydrogen) atoms. The van der Waals surface area contributed by atoms with Gasteiger partial charge in [0.15, 0.2) is 0 Å². The van der Waals surface area contributed by atoms with Crippen molar-refractivity contribution >= 4 is 27.5 Å². The van der Waals surface area contributed by atoms with E-state index in [1.165, 1.54) is 5.56 Å². The molecule has 0 bridgehead atoms. The van der Waals surface area contributed by atoms with Gasteiger partial charge in [0, 0.05) is 10.4 Å². The summed E-state index contributed by atoms with van der Waals surface area (Å²) in [5.74, 6) is 0.962. The Morgan fingerprint density at radius 1 is 1.42 bits per heavy atom. The number of hydrogen-bond donors (Lipinski definition) is 1. The van der Waals surface area contributed by atoms with E-state index >= 15 is 0 Å². The number of alkyl halides is 1. The Balaban J connectivity index is 2.72. The Labute approximate surface area is 85.5 Å². The molecule has 0 atom stereocenters. The first-order valence-electron chi connectivity index (χ1n) is 3.77. The number of rotatable bonds is 3. The van der Waals surface area contributed by atoms with Crippen LogP contribution in [0.5, 0.6) is 5.75 Å². The summed E-state index contributed by atoms with van der Waals surface area (Å²) >= 11 is 8.94. The van der Waals surface area contributed by atoms with Gasteiger partial charge in [-0.25, -0.2) is 0 Å². The molecule has 1 nitrogen and oxygen atoms in total. The maximum Gasteiger partial charge on any atom is 0.116 e. The number of benzene rings is 1. The lowest BCUT2D eigenvalue weighted by molar-refractivity contribution is 0.474. The van der Waals surface area contributed by atoms with Gasteiger partial charge in [-0.2, -0.15) is 0 Å². The van der Waals surface area contributed by atoms with Gasteiger partial charge in [0.2, 0.25) is 0 Å². The molecule has 3 heteroatoms. The molecule has 0 heterocycles. The van der Waals surface area contributed by atoms with Crippen LogP contribution in [-0.4, -0.2) is 11.0 Å². The fourth-order valence-electron chi connectivity index (χ4n) is 0.996. The summed E-state index contributed by atoms with van der Waals surface area (Å²) in [4.78, 5) is 0. The molecule has 0 unspecified atom stereocenters. The number of phenols is 1. The van der Waals surface area contributed by atoms with E-state index in [4.69, 9.17) is 16.7 Å². The molecule has 0 aliphatic rings. The second-order valence-electron chi connectivity index (χ2n) is 2.57. The highest BCUT2D eigenvalue weighted by Crippen LogP contribution is 2.23. The van der Waals surface area contributed by atoms with Gasteiger partial charge in [-0.15, -0.1) is 11.6 Å². The van der Waals surface area contributed by atoms with Crippen LogP contribution in [0.15, 0.2) is 22.7 Å². The molecule has 0 saturated carbocycles. The molecule has 1 N–H and O–H groups in total. The molecular weight excluding hydrogens is 239 g/mol. The normalized spacial score (nSPS) is 10.2. The van der Waals surface area contributed by atoms with Crippen molar-refractivity contribution in [1.82, 2.24) is 0 Å². The van der Waals surface area contributed by atoms with E-state index in [1.54, 1.807) is 12.1 Å². The molecule has 0 amide bonds. The van der Waals surface area contributed by atoms with Crippen molar-refractivity contribution in [2.45, 2.75) is 12.8 Å². The van der Waals surface area contributed by atoms with E-state index in [0.29, 0.717) is 5.88 Å². The third-order valence-corrected chi connectivity index (χ3v) is 2.62. The first-order valence-corrected chi connectivity index (χ1v) is 5.10. The standard InChI is InChI=1S/C9H10BrClO/c10-9-6-8(12)4-3-7(9)2-1-5-11/h3-4,6,12H,1-2,5H2. The van der Waals surface area contributed by atoms with Gasteiger partial charge in [0.05, 0.1) is 0 Å². The van der Waals surface area contributed by atoms with Crippen LogP contribution in [0.3, 0.4) is 0 Å². The number of phenolic OH excluding ortho intramolecular Hbond substituents is 1. The molecule has 1 aromatic carbocycles. The first-order chi connectivity index (χ1) is 5.74. The summed E-state index contributed by atoms with van der Waals surface area (Å²) in [6.45, 7) is 0. The van der Waals surface area contributed by atoms with Crippen molar-refractivity contribution in [3.63, 3.8) is 0 Å². The molecule has 0 aromatic heterocycles. The SMILES string of the molecule is Oc1ccc(CCCCl)c(Br)c1. The first kappa shape index (κ1) is 9.87. The fraction of sp³-hybridized carbons (Fsp3) is 0.333. The zero-order valence-corrected chi connectivity index (χ0v) is 8.90. The molecular formula is C9H10BrClO. The Hall–Kier alpha value is -0.210. The van der Waals surface area contributed by atoms with E-state index in [0.717, 1.165) is 17.3 Å². The molecule has 66 valence electrons. The van der Waals surface area contributed by atoms with E-state index < -0.39 is 0 Å². The summed E-state index contributed by atoms with van der Waals surface area (Å²) in [5, 5.41) is 9.11. The van der Waals surface area contributed by atoms with Crippen LogP contribution < -0.4 is 0 Å². The largest absolute Gasteiger partial charge is 0.508 e. The predicted octanol–water partition coefficient (Wildman–Crippen LogP) is 3.33. The summed E-state index contributed by atoms with van der Waals surface area (Å²) in [6.07, 6.45) is 1.91. The summed E-state index contributed by atoms with van der Waals surface area (Å²) in [5.41, 5.74) is 1.19. The Morgan fingerprint density at radius 3 is 2.75 bits per heavy atom. The third-order valence-electron chi connectivity index (χ3n) is 1.62. The van der Waals surface area contributed by atoms with Crippen LogP contribution in [-0.2, 0) is 6.42 Å². The Morgan fingerprint density at radius 2 is 2.17 bits per heavy atom. The average Bonchev–Trinajstić information content (AvgIpc) is 2.03. The number of aryl methyl sites for hydroxylation is 1. The molecule has 0 radical (unpaired) electrons. The lowest BCUT2D eigenvalue weighted by Crippen LogP contribution is -1.87. The quantitative estimate of drug-likeness (QED) is 0.815. The summed E-state index contributed by atoms with van der Waals surface area (Å²) in [7, 11) is 0. The lowest BCUT2D eigenvalue weighted by Gasteiger charge is -2.02. The second-order valence-corrected chi connectivity index (χ2v) is 3.80. The number of halogens is 2. The fourth-order valence-corrected chi connectivity index (χ4v) is 1.69. The average molecular weight is 250 g/mol. The molecule has 0 aliphatic carbocycles. The Bertz CT molecular complexity index is 263. The topological polar surface area (TPSA) is 20.2 Å². The van der Waals surface area contributed by atoms with Gasteiger partial charge < -0.3 is 5.11 Å². The van der Waals surface area contributed by atoms with Gasteiger partial charge in [-0.1, -0.05) is 22.0 Å². The van der Waals surface area contributed by atoms with Gasteiger partial charge in [0.1, 0.15) is 5.75 Å². The minimum atomic E-state index is 0.288. The van der Waals surface area contributed by atoms with Gasteiger partial charge in [-0.05, 0) is 30.5 Å². The van der Waals surface area contributed by atoms with Crippen molar-refractivity contribution in [2.75, 3.05) is 5.88 Å². The highest BCUT2D eigenvalue weighted by Gasteiger charge is 1.99. The minimum Gasteiger partial charge on any atom is -0.508 e. The van der Waals surface area contributed by atoms with Crippen molar-refractivity contribution < 1.29 is 5.11 Å². The zero-order chi connectivity index (χ0) is 8.97. The molecule has 0 spiro atoms. The predicted molar refractivity (Wildman–Crippen MR) is 54.8 cm³/mol. The lowest BCUT2D eigenvalue weighted by atomic mass is 10.1. The molecule has 0 aliphatic heterocycles. The zero-order valence-electron chi connectivity index (χ0n) is 6.56. The smallest absolute Gasteiger partial charge is 0.116 e. The van der Waals surface area contributed by atoms with Gasteiger partial charge in [-0.3, -0.25) is 0 Å². The Kier molecular flexibility index (Phi) is 3.89. The highest BCUT2D eigenvalue weighted by molar-refractivity contribution is 9.10. The molecule has 0 saturated heterocycles. The molecule has 1 rings (SSSR count). The van der Waals surface area contributed by atoms with Crippen molar-refractivity contribution in [2.24, 2.45) is 0 Å².